The number of ether oxygens (including phenoxy) is 3. The van der Waals surface area contributed by atoms with Crippen LogP contribution >= 0.6 is 35.2 Å². The number of thiocarbonyl (C=S) groups is 1. The van der Waals surface area contributed by atoms with Gasteiger partial charge in [-0.1, -0.05) is 22.9 Å². The van der Waals surface area contributed by atoms with Crippen LogP contribution in [0.1, 0.15) is 10.4 Å². The van der Waals surface area contributed by atoms with E-state index in [4.69, 9.17) is 38.0 Å². The van der Waals surface area contributed by atoms with E-state index in [1.807, 2.05) is 0 Å². The van der Waals surface area contributed by atoms with Gasteiger partial charge >= 0.3 is 0 Å². The average molecular weight is 436 g/mol. The number of fused-ring (bicyclic) bond motifs is 2. The highest BCUT2D eigenvalue weighted by Crippen LogP contribution is 2.34. The van der Waals surface area contributed by atoms with Gasteiger partial charge in [0.05, 0.1) is 22.3 Å². The molecule has 0 aliphatic carbocycles. The summed E-state index contributed by atoms with van der Waals surface area (Å²) < 4.78 is 17.0. The first-order chi connectivity index (χ1) is 13.5. The summed E-state index contributed by atoms with van der Waals surface area (Å²) >= 11 is 12.7. The molecule has 0 radical (unpaired) electrons. The Hall–Kier alpha value is -2.62. The van der Waals surface area contributed by atoms with Crippen molar-refractivity contribution in [1.82, 2.24) is 10.3 Å². The first-order valence-electron chi connectivity index (χ1n) is 8.19. The summed E-state index contributed by atoms with van der Waals surface area (Å²) in [6, 6.07) is 8.49. The number of aromatic nitrogens is 1. The van der Waals surface area contributed by atoms with E-state index < -0.39 is 0 Å². The number of carbonyl (C=O) groups excluding carboxylic acids is 1. The Morgan fingerprint density at radius 1 is 1.25 bits per heavy atom. The Morgan fingerprint density at radius 2 is 2.04 bits per heavy atom. The van der Waals surface area contributed by atoms with Gasteiger partial charge in [0.25, 0.3) is 5.91 Å². The predicted octanol–water partition coefficient (Wildman–Crippen LogP) is 3.86. The van der Waals surface area contributed by atoms with Gasteiger partial charge in [0.15, 0.2) is 21.7 Å². The molecule has 0 atom stereocenters. The highest BCUT2D eigenvalue weighted by molar-refractivity contribution is 7.80. The number of halogens is 1. The zero-order chi connectivity index (χ0) is 19.7. The molecule has 3 aromatic rings. The molecule has 0 saturated carbocycles. The standard InChI is InChI=1S/C18H14ClN3O4S2/c1-24-13-8-15-11(7-10(13)19)20-18(28-15)22-17(27)21-16(23)9-2-3-12-14(6-9)26-5-4-25-12/h2-3,6-8H,4-5H2,1H3,(H2,20,21,22,23,27). The van der Waals surface area contributed by atoms with Crippen molar-refractivity contribution in [3.05, 3.63) is 40.9 Å². The third kappa shape index (κ3) is 3.82. The third-order valence-corrected chi connectivity index (χ3v) is 5.35. The van der Waals surface area contributed by atoms with Crippen molar-refractivity contribution >= 4 is 61.5 Å². The number of thiazole rings is 1. The largest absolute Gasteiger partial charge is 0.495 e. The van der Waals surface area contributed by atoms with Gasteiger partial charge in [-0.05, 0) is 36.5 Å². The molecular weight excluding hydrogens is 422 g/mol. The molecule has 0 fully saturated rings. The molecule has 2 N–H and O–H groups in total. The van der Waals surface area contributed by atoms with Crippen molar-refractivity contribution in [1.29, 1.82) is 0 Å². The van der Waals surface area contributed by atoms with E-state index in [2.05, 4.69) is 15.6 Å². The summed E-state index contributed by atoms with van der Waals surface area (Å²) in [6.07, 6.45) is 0. The monoisotopic (exact) mass is 435 g/mol. The molecule has 0 saturated heterocycles. The molecule has 1 aromatic heterocycles. The first kappa shape index (κ1) is 18.7. The van der Waals surface area contributed by atoms with E-state index in [0.29, 0.717) is 51.7 Å². The fraction of sp³-hybridized carbons (Fsp3) is 0.167. The van der Waals surface area contributed by atoms with E-state index in [9.17, 15) is 4.79 Å². The first-order valence-corrected chi connectivity index (χ1v) is 9.80. The molecule has 10 heteroatoms. The Bertz CT molecular complexity index is 1090. The number of nitrogens with zero attached hydrogens (tertiary/aromatic N) is 1. The molecule has 0 bridgehead atoms. The van der Waals surface area contributed by atoms with Crippen LogP contribution in [0.3, 0.4) is 0 Å². The van der Waals surface area contributed by atoms with Crippen molar-refractivity contribution in [2.75, 3.05) is 25.6 Å². The highest BCUT2D eigenvalue weighted by Gasteiger charge is 2.16. The quantitative estimate of drug-likeness (QED) is 0.604. The number of rotatable bonds is 3. The molecule has 1 amide bonds. The van der Waals surface area contributed by atoms with E-state index in [-0.39, 0.29) is 11.0 Å². The summed E-state index contributed by atoms with van der Waals surface area (Å²) in [4.78, 5) is 16.9. The Kier molecular flexibility index (Phi) is 5.21. The molecule has 1 aliphatic heterocycles. The minimum absolute atomic E-state index is 0.136. The molecule has 7 nitrogen and oxygen atoms in total. The van der Waals surface area contributed by atoms with Crippen molar-refractivity contribution in [3.8, 4) is 17.2 Å². The fourth-order valence-corrected chi connectivity index (χ4v) is 4.00. The second-order valence-corrected chi connectivity index (χ2v) is 7.59. The molecule has 0 unspecified atom stereocenters. The van der Waals surface area contributed by atoms with E-state index in [1.54, 1.807) is 37.4 Å². The van der Waals surface area contributed by atoms with Gasteiger partial charge in [0, 0.05) is 11.6 Å². The zero-order valence-electron chi connectivity index (χ0n) is 14.6. The number of hydrogen-bond acceptors (Lipinski definition) is 7. The van der Waals surface area contributed by atoms with E-state index >= 15 is 0 Å². The van der Waals surface area contributed by atoms with Crippen LogP contribution < -0.4 is 24.8 Å². The maximum absolute atomic E-state index is 12.4. The molecule has 2 aromatic carbocycles. The molecule has 1 aliphatic rings. The van der Waals surface area contributed by atoms with Crippen molar-refractivity contribution in [2.24, 2.45) is 0 Å². The van der Waals surface area contributed by atoms with Gasteiger partial charge in [-0.25, -0.2) is 4.98 Å². The predicted molar refractivity (Wildman–Crippen MR) is 112 cm³/mol. The SMILES string of the molecule is COc1cc2sc(NC(=S)NC(=O)c3ccc4c(c3)OCCO4)nc2cc1Cl. The number of amides is 1. The van der Waals surface area contributed by atoms with Crippen LogP contribution in [0.25, 0.3) is 10.2 Å². The summed E-state index contributed by atoms with van der Waals surface area (Å²) in [7, 11) is 1.55. The molecular formula is C18H14ClN3O4S2. The second kappa shape index (κ2) is 7.78. The molecule has 2 heterocycles. The lowest BCUT2D eigenvalue weighted by Crippen LogP contribution is -2.34. The van der Waals surface area contributed by atoms with Gasteiger partial charge < -0.3 is 19.5 Å². The summed E-state index contributed by atoms with van der Waals surface area (Å²) in [6.45, 7) is 0.941. The van der Waals surface area contributed by atoms with Gasteiger partial charge in [-0.3, -0.25) is 10.1 Å². The number of methoxy groups -OCH3 is 1. The minimum atomic E-state index is -0.361. The molecule has 0 spiro atoms. The Labute approximate surface area is 174 Å². The van der Waals surface area contributed by atoms with Gasteiger partial charge in [-0.15, -0.1) is 0 Å². The smallest absolute Gasteiger partial charge is 0.257 e. The number of hydrogen-bond donors (Lipinski definition) is 2. The number of benzene rings is 2. The zero-order valence-corrected chi connectivity index (χ0v) is 17.0. The number of nitrogens with one attached hydrogen (secondary N) is 2. The van der Waals surface area contributed by atoms with Crippen LogP contribution in [0.2, 0.25) is 5.02 Å². The summed E-state index contributed by atoms with van der Waals surface area (Å²) in [5.41, 5.74) is 1.12. The van der Waals surface area contributed by atoms with Gasteiger partial charge in [0.1, 0.15) is 19.0 Å². The summed E-state index contributed by atoms with van der Waals surface area (Å²) in [5.74, 6) is 1.36. The second-order valence-electron chi connectivity index (χ2n) is 5.74. The van der Waals surface area contributed by atoms with E-state index in [1.165, 1.54) is 11.3 Å². The maximum Gasteiger partial charge on any atom is 0.257 e. The normalized spacial score (nSPS) is 12.5. The lowest BCUT2D eigenvalue weighted by atomic mass is 10.2. The van der Waals surface area contributed by atoms with Gasteiger partial charge in [-0.2, -0.15) is 0 Å². The summed E-state index contributed by atoms with van der Waals surface area (Å²) in [5, 5.41) is 6.69. The van der Waals surface area contributed by atoms with Crippen molar-refractivity contribution in [2.45, 2.75) is 0 Å². The van der Waals surface area contributed by atoms with Crippen LogP contribution in [0, 0.1) is 0 Å². The molecule has 4 rings (SSSR count). The Morgan fingerprint density at radius 3 is 2.82 bits per heavy atom. The van der Waals surface area contributed by atoms with Crippen molar-refractivity contribution in [3.63, 3.8) is 0 Å². The molecule has 144 valence electrons. The maximum atomic E-state index is 12.4. The van der Waals surface area contributed by atoms with Crippen LogP contribution in [-0.4, -0.2) is 36.3 Å². The third-order valence-electron chi connectivity index (χ3n) is 3.91. The highest BCUT2D eigenvalue weighted by atomic mass is 35.5. The van der Waals surface area contributed by atoms with Crippen LogP contribution in [-0.2, 0) is 0 Å². The van der Waals surface area contributed by atoms with Crippen LogP contribution in [0.15, 0.2) is 30.3 Å². The lowest BCUT2D eigenvalue weighted by molar-refractivity contribution is 0.0976. The van der Waals surface area contributed by atoms with Gasteiger partial charge in [0.2, 0.25) is 0 Å². The topological polar surface area (TPSA) is 81.7 Å². The average Bonchev–Trinajstić information content (AvgIpc) is 3.07. The van der Waals surface area contributed by atoms with Crippen LogP contribution in [0.5, 0.6) is 17.2 Å². The van der Waals surface area contributed by atoms with Crippen molar-refractivity contribution < 1.29 is 19.0 Å². The lowest BCUT2D eigenvalue weighted by Gasteiger charge is -2.18. The molecule has 28 heavy (non-hydrogen) atoms. The number of anilines is 1. The van der Waals surface area contributed by atoms with E-state index in [0.717, 1.165) is 4.70 Å². The number of carbonyl (C=O) groups is 1. The fourth-order valence-electron chi connectivity index (χ4n) is 2.63. The minimum Gasteiger partial charge on any atom is -0.495 e. The Balaban J connectivity index is 1.45. The van der Waals surface area contributed by atoms with Crippen LogP contribution in [0.4, 0.5) is 5.13 Å².